The summed E-state index contributed by atoms with van der Waals surface area (Å²) < 4.78 is 4.91. The van der Waals surface area contributed by atoms with Gasteiger partial charge >= 0.3 is 5.97 Å². The fraction of sp³-hybridized carbons (Fsp3) is 0.438. The molecule has 2 N–H and O–H groups in total. The molecule has 2 heterocycles. The van der Waals surface area contributed by atoms with Gasteiger partial charge in [-0.05, 0) is 30.0 Å². The lowest BCUT2D eigenvalue weighted by Crippen LogP contribution is -2.48. The molecule has 20 heavy (non-hydrogen) atoms. The zero-order chi connectivity index (χ0) is 13.7. The Balaban J connectivity index is 1.76. The predicted octanol–water partition coefficient (Wildman–Crippen LogP) is 1.96. The summed E-state index contributed by atoms with van der Waals surface area (Å²) >= 11 is 0. The van der Waals surface area contributed by atoms with Crippen molar-refractivity contribution in [3.63, 3.8) is 0 Å². The van der Waals surface area contributed by atoms with Gasteiger partial charge in [0.15, 0.2) is 0 Å². The monoisotopic (exact) mass is 270 g/mol. The summed E-state index contributed by atoms with van der Waals surface area (Å²) in [7, 11) is 1.47. The number of esters is 1. The van der Waals surface area contributed by atoms with Crippen LogP contribution in [0.3, 0.4) is 0 Å². The Kier molecular flexibility index (Phi) is 2.60. The van der Waals surface area contributed by atoms with E-state index < -0.39 is 0 Å². The average molecular weight is 270 g/mol. The van der Waals surface area contributed by atoms with Crippen LogP contribution >= 0.6 is 0 Å². The van der Waals surface area contributed by atoms with Crippen LogP contribution in [0.5, 0.6) is 0 Å². The normalized spacial score (nSPS) is 28.1. The zero-order valence-corrected chi connectivity index (χ0v) is 11.5. The van der Waals surface area contributed by atoms with Crippen molar-refractivity contribution >= 4 is 16.9 Å². The predicted molar refractivity (Wildman–Crippen MR) is 76.7 cm³/mol. The average Bonchev–Trinajstić information content (AvgIpc) is 2.91. The Hall–Kier alpha value is -1.81. The number of aromatic nitrogens is 1. The minimum Gasteiger partial charge on any atom is -0.469 e. The number of carbonyl (C=O) groups is 1. The number of ether oxygens (including phenoxy) is 1. The number of rotatable bonds is 1. The summed E-state index contributed by atoms with van der Waals surface area (Å²) in [6.07, 6.45) is 4.04. The summed E-state index contributed by atoms with van der Waals surface area (Å²) in [4.78, 5) is 15.2. The van der Waals surface area contributed by atoms with Gasteiger partial charge in [0.2, 0.25) is 0 Å². The maximum absolute atomic E-state index is 11.8. The van der Waals surface area contributed by atoms with E-state index in [1.54, 1.807) is 0 Å². The second-order valence-electron chi connectivity index (χ2n) is 5.86. The van der Waals surface area contributed by atoms with Crippen LogP contribution in [0.2, 0.25) is 0 Å². The molecule has 1 aromatic carbocycles. The number of methoxy groups -OCH3 is 1. The SMILES string of the molecule is COC(=O)[C@H]1CN[C@@H]2Cc3c[nH]c4cccc(c34)[C@H]2C1. The van der Waals surface area contributed by atoms with E-state index in [0.717, 1.165) is 19.4 Å². The molecule has 2 aromatic rings. The van der Waals surface area contributed by atoms with E-state index in [9.17, 15) is 4.79 Å². The van der Waals surface area contributed by atoms with Crippen LogP contribution in [0, 0.1) is 5.92 Å². The molecule has 1 aliphatic heterocycles. The molecule has 1 aromatic heterocycles. The number of hydrogen-bond acceptors (Lipinski definition) is 3. The second kappa shape index (κ2) is 4.35. The van der Waals surface area contributed by atoms with Crippen molar-refractivity contribution in [2.75, 3.05) is 13.7 Å². The van der Waals surface area contributed by atoms with Crippen LogP contribution in [0.1, 0.15) is 23.5 Å². The maximum Gasteiger partial charge on any atom is 0.309 e. The molecular weight excluding hydrogens is 252 g/mol. The van der Waals surface area contributed by atoms with E-state index in [4.69, 9.17) is 4.74 Å². The van der Waals surface area contributed by atoms with Gasteiger partial charge in [0.1, 0.15) is 0 Å². The van der Waals surface area contributed by atoms with Crippen LogP contribution in [-0.4, -0.2) is 30.6 Å². The van der Waals surface area contributed by atoms with Crippen LogP contribution < -0.4 is 5.32 Å². The second-order valence-corrected chi connectivity index (χ2v) is 5.86. The highest BCUT2D eigenvalue weighted by atomic mass is 16.5. The van der Waals surface area contributed by atoms with Crippen molar-refractivity contribution in [1.82, 2.24) is 10.3 Å². The molecule has 2 aliphatic rings. The van der Waals surface area contributed by atoms with Crippen LogP contribution in [-0.2, 0) is 16.0 Å². The minimum atomic E-state index is -0.0945. The first kappa shape index (κ1) is 12.0. The van der Waals surface area contributed by atoms with E-state index in [-0.39, 0.29) is 11.9 Å². The fourth-order valence-corrected chi connectivity index (χ4v) is 3.89. The first-order valence-corrected chi connectivity index (χ1v) is 7.18. The minimum absolute atomic E-state index is 0.0306. The van der Waals surface area contributed by atoms with Crippen LogP contribution in [0.4, 0.5) is 0 Å². The Morgan fingerprint density at radius 3 is 3.15 bits per heavy atom. The smallest absolute Gasteiger partial charge is 0.309 e. The molecular formula is C16H18N2O2. The van der Waals surface area contributed by atoms with Crippen LogP contribution in [0.15, 0.2) is 24.4 Å². The first-order valence-electron chi connectivity index (χ1n) is 7.18. The third-order valence-corrected chi connectivity index (χ3v) is 4.84. The van der Waals surface area contributed by atoms with Crippen molar-refractivity contribution in [2.24, 2.45) is 5.92 Å². The number of fused-ring (bicyclic) bond motifs is 2. The molecule has 0 amide bonds. The van der Waals surface area contributed by atoms with Crippen LogP contribution in [0.25, 0.3) is 10.9 Å². The van der Waals surface area contributed by atoms with Gasteiger partial charge in [0.05, 0.1) is 13.0 Å². The molecule has 1 aliphatic carbocycles. The van der Waals surface area contributed by atoms with Gasteiger partial charge in [-0.25, -0.2) is 0 Å². The lowest BCUT2D eigenvalue weighted by Gasteiger charge is -2.39. The standard InChI is InChI=1S/C16H18N2O2/c1-20-16(19)10-5-12-11-3-2-4-13-15(11)9(7-17-13)6-14(12)18-8-10/h2-4,7,10,12,14,17-18H,5-6,8H2,1H3/t10-,12-,14-/m1/s1. The topological polar surface area (TPSA) is 54.1 Å². The van der Waals surface area contributed by atoms with E-state index in [2.05, 4.69) is 34.7 Å². The van der Waals surface area contributed by atoms with Crippen molar-refractivity contribution < 1.29 is 9.53 Å². The zero-order valence-electron chi connectivity index (χ0n) is 11.5. The van der Waals surface area contributed by atoms with E-state index >= 15 is 0 Å². The molecule has 104 valence electrons. The van der Waals surface area contributed by atoms with E-state index in [0.29, 0.717) is 12.0 Å². The summed E-state index contributed by atoms with van der Waals surface area (Å²) in [6, 6.07) is 6.86. The molecule has 0 unspecified atom stereocenters. The largest absolute Gasteiger partial charge is 0.469 e. The summed E-state index contributed by atoms with van der Waals surface area (Å²) in [5, 5.41) is 4.91. The number of piperidine rings is 1. The summed E-state index contributed by atoms with van der Waals surface area (Å²) in [5.74, 6) is 0.278. The molecule has 0 radical (unpaired) electrons. The number of benzene rings is 1. The van der Waals surface area contributed by atoms with Crippen molar-refractivity contribution in [2.45, 2.75) is 24.8 Å². The Morgan fingerprint density at radius 2 is 2.30 bits per heavy atom. The highest BCUT2D eigenvalue weighted by Gasteiger charge is 2.38. The molecule has 4 nitrogen and oxygen atoms in total. The van der Waals surface area contributed by atoms with Gasteiger partial charge in [0, 0.05) is 35.6 Å². The lowest BCUT2D eigenvalue weighted by atomic mass is 9.73. The maximum atomic E-state index is 11.8. The van der Waals surface area contributed by atoms with Gasteiger partial charge in [0.25, 0.3) is 0 Å². The number of nitrogens with one attached hydrogen (secondary N) is 2. The van der Waals surface area contributed by atoms with Gasteiger partial charge in [-0.2, -0.15) is 0 Å². The molecule has 4 rings (SSSR count). The Bertz CT molecular complexity index is 676. The molecule has 3 atom stereocenters. The molecule has 1 saturated heterocycles. The number of H-pyrrole nitrogens is 1. The summed E-state index contributed by atoms with van der Waals surface area (Å²) in [6.45, 7) is 0.726. The molecule has 4 heteroatoms. The van der Waals surface area contributed by atoms with Gasteiger partial charge < -0.3 is 15.0 Å². The number of carbonyl (C=O) groups excluding carboxylic acids is 1. The van der Waals surface area contributed by atoms with E-state index in [1.807, 2.05) is 0 Å². The number of hydrogen-bond donors (Lipinski definition) is 2. The first-order chi connectivity index (χ1) is 9.78. The quantitative estimate of drug-likeness (QED) is 0.779. The van der Waals surface area contributed by atoms with Gasteiger partial charge in [-0.1, -0.05) is 12.1 Å². The summed E-state index contributed by atoms with van der Waals surface area (Å²) in [5.41, 5.74) is 3.97. The highest BCUT2D eigenvalue weighted by Crippen LogP contribution is 2.41. The van der Waals surface area contributed by atoms with E-state index in [1.165, 1.54) is 29.1 Å². The third kappa shape index (κ3) is 1.61. The third-order valence-electron chi connectivity index (χ3n) is 4.84. The molecule has 0 saturated carbocycles. The molecule has 0 bridgehead atoms. The Labute approximate surface area is 117 Å². The van der Waals surface area contributed by atoms with Crippen molar-refractivity contribution in [3.05, 3.63) is 35.5 Å². The molecule has 1 fully saturated rings. The Morgan fingerprint density at radius 1 is 1.40 bits per heavy atom. The van der Waals surface area contributed by atoms with Crippen molar-refractivity contribution in [3.8, 4) is 0 Å². The number of aromatic amines is 1. The fourth-order valence-electron chi connectivity index (χ4n) is 3.89. The van der Waals surface area contributed by atoms with Crippen molar-refractivity contribution in [1.29, 1.82) is 0 Å². The van der Waals surface area contributed by atoms with Gasteiger partial charge in [-0.15, -0.1) is 0 Å². The molecule has 0 spiro atoms. The highest BCUT2D eigenvalue weighted by molar-refractivity contribution is 5.88. The van der Waals surface area contributed by atoms with Gasteiger partial charge in [-0.3, -0.25) is 4.79 Å². The lowest BCUT2D eigenvalue weighted by molar-refractivity contribution is -0.146.